The van der Waals surface area contributed by atoms with Crippen LogP contribution in [0.15, 0.2) is 0 Å². The molecule has 0 spiro atoms. The Bertz CT molecular complexity index is 1180. The van der Waals surface area contributed by atoms with E-state index in [0.29, 0.717) is 19.4 Å². The van der Waals surface area contributed by atoms with Gasteiger partial charge in [0.15, 0.2) is 12.6 Å². The van der Waals surface area contributed by atoms with Crippen molar-refractivity contribution in [1.29, 1.82) is 0 Å². The monoisotopic (exact) mass is 763 g/mol. The number of carbonyl (C=O) groups excluding carboxylic acids is 1. The molecule has 14 heteroatoms. The second-order valence-electron chi connectivity index (χ2n) is 17.4. The van der Waals surface area contributed by atoms with Gasteiger partial charge in [-0.2, -0.15) is 0 Å². The van der Waals surface area contributed by atoms with Crippen molar-refractivity contribution in [3.63, 3.8) is 0 Å². The summed E-state index contributed by atoms with van der Waals surface area (Å²) in [4.78, 5) is 16.2. The fraction of sp³-hybridized carbons (Fsp3) is 0.974. The lowest BCUT2D eigenvalue weighted by atomic mass is 9.74. The lowest BCUT2D eigenvalue weighted by molar-refractivity contribution is -0.338. The summed E-state index contributed by atoms with van der Waals surface area (Å²) in [6.45, 7) is 19.8. The van der Waals surface area contributed by atoms with Gasteiger partial charge in [-0.1, -0.05) is 27.7 Å². The molecule has 3 unspecified atom stereocenters. The topological polar surface area (TPSA) is 189 Å². The second kappa shape index (κ2) is 18.1. The first-order chi connectivity index (χ1) is 24.4. The minimum Gasteiger partial charge on any atom is -0.459 e. The molecule has 3 saturated heterocycles. The van der Waals surface area contributed by atoms with Gasteiger partial charge in [0.25, 0.3) is 0 Å². The van der Waals surface area contributed by atoms with Gasteiger partial charge >= 0.3 is 5.97 Å². The molecule has 0 aliphatic carbocycles. The van der Waals surface area contributed by atoms with Crippen LogP contribution in [0.3, 0.4) is 0 Å². The van der Waals surface area contributed by atoms with E-state index in [4.69, 9.17) is 28.4 Å². The highest BCUT2D eigenvalue weighted by Crippen LogP contribution is 2.44. The fourth-order valence-electron chi connectivity index (χ4n) is 9.08. The smallest absolute Gasteiger partial charge is 0.311 e. The number of hydrogen-bond acceptors (Lipinski definition) is 14. The largest absolute Gasteiger partial charge is 0.459 e. The molecule has 0 saturated carbocycles. The van der Waals surface area contributed by atoms with Crippen molar-refractivity contribution in [2.24, 2.45) is 17.8 Å². The van der Waals surface area contributed by atoms with Gasteiger partial charge in [0.2, 0.25) is 0 Å². The van der Waals surface area contributed by atoms with Gasteiger partial charge in [0, 0.05) is 31.5 Å². The molecule has 3 rings (SSSR count). The number of rotatable bonds is 8. The minimum atomic E-state index is -1.81. The van der Waals surface area contributed by atoms with Crippen molar-refractivity contribution < 1.29 is 58.7 Å². The number of carbonyl (C=O) groups is 1. The molecular weight excluding hydrogens is 688 g/mol. The maximum atomic E-state index is 14.2. The highest BCUT2D eigenvalue weighted by Gasteiger charge is 2.57. The van der Waals surface area contributed by atoms with Crippen LogP contribution >= 0.6 is 0 Å². The van der Waals surface area contributed by atoms with E-state index in [1.165, 1.54) is 14.0 Å². The zero-order valence-electron chi connectivity index (χ0n) is 34.9. The Morgan fingerprint density at radius 3 is 2.11 bits per heavy atom. The molecule has 312 valence electrons. The van der Waals surface area contributed by atoms with Gasteiger partial charge in [0.05, 0.1) is 35.9 Å². The number of nitrogens with one attached hydrogen (secondary N) is 1. The van der Waals surface area contributed by atoms with Gasteiger partial charge in [0.1, 0.15) is 35.1 Å². The molecule has 53 heavy (non-hydrogen) atoms. The lowest BCUT2D eigenvalue weighted by Crippen LogP contribution is -2.66. The van der Waals surface area contributed by atoms with Gasteiger partial charge in [-0.15, -0.1) is 0 Å². The Kier molecular flexibility index (Phi) is 15.8. The zero-order chi connectivity index (χ0) is 40.4. The first kappa shape index (κ1) is 46.4. The van der Waals surface area contributed by atoms with Crippen molar-refractivity contribution in [3.05, 3.63) is 0 Å². The van der Waals surface area contributed by atoms with Crippen LogP contribution in [0.4, 0.5) is 0 Å². The van der Waals surface area contributed by atoms with Crippen LogP contribution in [0.5, 0.6) is 0 Å². The predicted molar refractivity (Wildman–Crippen MR) is 199 cm³/mol. The highest BCUT2D eigenvalue weighted by atomic mass is 16.7. The SMILES string of the molecule is CC[C@H]1OC(=O)[C@H](C)[C@@H](O[C@H]2CC(C)(OC)C(O)(CC)[C@H](C)O2)[C@H](C)[C@@H](O[C@@H]2O[C@H](C)C[C@H](N(C)C)[C@H]2O)[C@](C)(O)C[C@@H](C)CNC(C)[C@@H](O)[C@]1(C)O. The average Bonchev–Trinajstić information content (AvgIpc) is 3.08. The Balaban J connectivity index is 2.17. The highest BCUT2D eigenvalue weighted by molar-refractivity contribution is 5.73. The summed E-state index contributed by atoms with van der Waals surface area (Å²) in [7, 11) is 5.30. The third kappa shape index (κ3) is 9.93. The summed E-state index contributed by atoms with van der Waals surface area (Å²) < 4.78 is 38.0. The number of aliphatic hydroxyl groups excluding tert-OH is 2. The Morgan fingerprint density at radius 2 is 1.57 bits per heavy atom. The van der Waals surface area contributed by atoms with Gasteiger partial charge in [-0.3, -0.25) is 4.79 Å². The van der Waals surface area contributed by atoms with E-state index >= 15 is 0 Å². The quantitative estimate of drug-likeness (QED) is 0.198. The van der Waals surface area contributed by atoms with Crippen LogP contribution in [-0.4, -0.2) is 154 Å². The van der Waals surface area contributed by atoms with E-state index < -0.39 is 95.5 Å². The van der Waals surface area contributed by atoms with Crippen LogP contribution in [0, 0.1) is 17.8 Å². The second-order valence-corrected chi connectivity index (χ2v) is 17.4. The van der Waals surface area contributed by atoms with E-state index in [9.17, 15) is 30.3 Å². The summed E-state index contributed by atoms with van der Waals surface area (Å²) in [6.07, 6.45) is -7.03. The molecule has 0 aromatic rings. The molecule has 0 radical (unpaired) electrons. The standard InChI is InChI=1S/C39H74N2O12/c1-15-28-38(11,46)32(43)25(7)40-20-21(3)18-36(9,45)33(53-35-30(42)27(41(12)13)17-22(4)49-35)23(5)31(24(6)34(44)51-28)52-29-19-37(10,48-14)39(47,16-2)26(8)50-29/h21-33,35,40,42-43,45-47H,15-20H2,1-14H3/t21-,22-,23+,24-,25?,26+,27+,28-,29+,30-,31+,32-,33-,35+,36-,37?,38-,39?/m1/s1. The third-order valence-electron chi connectivity index (χ3n) is 12.7. The number of esters is 1. The molecule has 18 atom stereocenters. The van der Waals surface area contributed by atoms with Crippen molar-refractivity contribution in [2.75, 3.05) is 27.7 Å². The number of methoxy groups -OCH3 is 1. The molecule has 0 bridgehead atoms. The van der Waals surface area contributed by atoms with Crippen molar-refractivity contribution >= 4 is 5.97 Å². The number of likely N-dealkylation sites (N-methyl/N-ethyl adjacent to an activating group) is 1. The molecule has 3 aliphatic heterocycles. The predicted octanol–water partition coefficient (Wildman–Crippen LogP) is 2.34. The maximum absolute atomic E-state index is 14.2. The lowest BCUT2D eigenvalue weighted by Gasteiger charge is -2.53. The molecule has 0 aromatic carbocycles. The number of cyclic esters (lactones) is 1. The van der Waals surface area contributed by atoms with E-state index in [2.05, 4.69) is 5.32 Å². The van der Waals surface area contributed by atoms with E-state index in [1.54, 1.807) is 41.5 Å². The van der Waals surface area contributed by atoms with Gasteiger partial charge < -0.3 is 64.2 Å². The fourth-order valence-corrected chi connectivity index (χ4v) is 9.08. The van der Waals surface area contributed by atoms with Gasteiger partial charge in [-0.25, -0.2) is 0 Å². The Labute approximate surface area is 318 Å². The van der Waals surface area contributed by atoms with E-state index in [0.717, 1.165) is 0 Å². The molecule has 6 N–H and O–H groups in total. The van der Waals surface area contributed by atoms with Crippen molar-refractivity contribution in [2.45, 2.75) is 198 Å². The third-order valence-corrected chi connectivity index (χ3v) is 12.7. The summed E-state index contributed by atoms with van der Waals surface area (Å²) in [5.41, 5.74) is -5.77. The first-order valence-corrected chi connectivity index (χ1v) is 19.7. The molecule has 0 amide bonds. The summed E-state index contributed by atoms with van der Waals surface area (Å²) in [6, 6.07) is -0.865. The number of nitrogens with zero attached hydrogens (tertiary/aromatic N) is 1. The van der Waals surface area contributed by atoms with Crippen LogP contribution in [0.25, 0.3) is 0 Å². The van der Waals surface area contributed by atoms with Crippen molar-refractivity contribution in [3.8, 4) is 0 Å². The Morgan fingerprint density at radius 1 is 0.943 bits per heavy atom. The zero-order valence-corrected chi connectivity index (χ0v) is 34.9. The summed E-state index contributed by atoms with van der Waals surface area (Å²) >= 11 is 0. The molecule has 3 fully saturated rings. The average molecular weight is 763 g/mol. The molecule has 14 nitrogen and oxygen atoms in total. The molecule has 3 heterocycles. The molecular formula is C39H74N2O12. The first-order valence-electron chi connectivity index (χ1n) is 19.7. The summed E-state index contributed by atoms with van der Waals surface area (Å²) in [5.74, 6) is -2.63. The van der Waals surface area contributed by atoms with Gasteiger partial charge in [-0.05, 0) is 101 Å². The minimum absolute atomic E-state index is 0.122. The van der Waals surface area contributed by atoms with Crippen LogP contribution in [-0.2, 0) is 33.2 Å². The Hall–Kier alpha value is -1.01. The maximum Gasteiger partial charge on any atom is 0.311 e. The summed E-state index contributed by atoms with van der Waals surface area (Å²) in [5, 5.41) is 61.9. The molecule has 3 aliphatic rings. The van der Waals surface area contributed by atoms with Crippen LogP contribution < -0.4 is 5.32 Å². The van der Waals surface area contributed by atoms with E-state index in [-0.39, 0.29) is 37.3 Å². The normalized spacial score (nSPS) is 49.9. The number of hydrogen-bond donors (Lipinski definition) is 6. The molecule has 0 aromatic heterocycles. The van der Waals surface area contributed by atoms with E-state index in [1.807, 2.05) is 46.7 Å². The van der Waals surface area contributed by atoms with Crippen LogP contribution in [0.2, 0.25) is 0 Å². The van der Waals surface area contributed by atoms with Crippen LogP contribution in [0.1, 0.15) is 108 Å². The number of ether oxygens (including phenoxy) is 6. The van der Waals surface area contributed by atoms with Crippen molar-refractivity contribution in [1.82, 2.24) is 10.2 Å². The number of aliphatic hydroxyl groups is 5.